The second-order valence-electron chi connectivity index (χ2n) is 3.04. The van der Waals surface area contributed by atoms with Crippen molar-refractivity contribution in [3.63, 3.8) is 0 Å². The predicted molar refractivity (Wildman–Crippen MR) is 42.7 cm³/mol. The number of aliphatic carboxylic acids is 1. The standard InChI is InChI=1S/C9H8F3NO2.Li/c1-5-2-7(9(10,11)12)13-4-6(5)3-8(14)15;/h2,4H,3H2,1H3,(H,14,15);/q;+1/p-1. The number of carbonyl (C=O) groups excluding carboxylic acids is 1. The second-order valence-corrected chi connectivity index (χ2v) is 3.04. The Hall–Kier alpha value is -0.993. The molecule has 0 unspecified atom stereocenters. The molecule has 16 heavy (non-hydrogen) atoms. The summed E-state index contributed by atoms with van der Waals surface area (Å²) >= 11 is 0. The van der Waals surface area contributed by atoms with E-state index in [-0.39, 0.29) is 30.0 Å². The molecule has 1 aromatic heterocycles. The molecule has 0 saturated carbocycles. The molecule has 0 aliphatic carbocycles. The predicted octanol–water partition coefficient (Wildman–Crippen LogP) is -2.29. The van der Waals surface area contributed by atoms with Gasteiger partial charge in [-0.05, 0) is 24.1 Å². The molecule has 0 radical (unpaired) electrons. The molecule has 0 bridgehead atoms. The summed E-state index contributed by atoms with van der Waals surface area (Å²) in [6.45, 7) is 1.40. The van der Waals surface area contributed by atoms with Gasteiger partial charge in [0, 0.05) is 18.6 Å². The first kappa shape index (κ1) is 15.0. The van der Waals surface area contributed by atoms with Crippen molar-refractivity contribution in [2.75, 3.05) is 0 Å². The third-order valence-corrected chi connectivity index (χ3v) is 1.84. The molecule has 1 rings (SSSR count). The van der Waals surface area contributed by atoms with Gasteiger partial charge in [0.15, 0.2) is 0 Å². The summed E-state index contributed by atoms with van der Waals surface area (Å²) < 4.78 is 36.5. The minimum atomic E-state index is -4.51. The van der Waals surface area contributed by atoms with Crippen LogP contribution in [0.5, 0.6) is 0 Å². The number of nitrogens with zero attached hydrogens (tertiary/aromatic N) is 1. The molecular formula is C9H7F3LiNO2. The van der Waals surface area contributed by atoms with E-state index in [0.29, 0.717) is 0 Å². The van der Waals surface area contributed by atoms with Gasteiger partial charge in [0.25, 0.3) is 0 Å². The normalized spacial score (nSPS) is 10.8. The molecule has 0 aromatic carbocycles. The summed E-state index contributed by atoms with van der Waals surface area (Å²) in [6.07, 6.45) is -4.03. The van der Waals surface area contributed by atoms with E-state index in [1.807, 2.05) is 0 Å². The Balaban J connectivity index is 0.00000225. The molecule has 1 heterocycles. The van der Waals surface area contributed by atoms with E-state index in [1.165, 1.54) is 6.92 Å². The van der Waals surface area contributed by atoms with Gasteiger partial charge in [-0.25, -0.2) is 0 Å². The topological polar surface area (TPSA) is 53.0 Å². The molecule has 0 aliphatic heterocycles. The Labute approximate surface area is 102 Å². The first-order valence-corrected chi connectivity index (χ1v) is 4.03. The molecule has 0 spiro atoms. The fraction of sp³-hybridized carbons (Fsp3) is 0.333. The molecule has 0 amide bonds. The summed E-state index contributed by atoms with van der Waals surface area (Å²) in [4.78, 5) is 13.4. The Morgan fingerprint density at radius 1 is 1.50 bits per heavy atom. The van der Waals surface area contributed by atoms with E-state index >= 15 is 0 Å². The van der Waals surface area contributed by atoms with Crippen LogP contribution >= 0.6 is 0 Å². The maximum absolute atomic E-state index is 12.2. The van der Waals surface area contributed by atoms with Crippen molar-refractivity contribution in [2.24, 2.45) is 0 Å². The molecule has 7 heteroatoms. The maximum atomic E-state index is 12.2. The monoisotopic (exact) mass is 225 g/mol. The Morgan fingerprint density at radius 3 is 2.44 bits per heavy atom. The van der Waals surface area contributed by atoms with Crippen LogP contribution in [0.1, 0.15) is 16.8 Å². The van der Waals surface area contributed by atoms with Gasteiger partial charge in [0.2, 0.25) is 0 Å². The average Bonchev–Trinajstić information content (AvgIpc) is 2.05. The molecule has 0 fully saturated rings. The smallest absolute Gasteiger partial charge is 0.550 e. The minimum absolute atomic E-state index is 0. The third-order valence-electron chi connectivity index (χ3n) is 1.84. The molecule has 82 valence electrons. The van der Waals surface area contributed by atoms with Crippen molar-refractivity contribution in [3.8, 4) is 0 Å². The number of hydrogen-bond acceptors (Lipinski definition) is 3. The zero-order valence-electron chi connectivity index (χ0n) is 8.76. The molecule has 0 aliphatic rings. The number of carboxylic acids is 1. The second kappa shape index (κ2) is 5.37. The zero-order valence-corrected chi connectivity index (χ0v) is 8.76. The number of carbonyl (C=O) groups is 1. The summed E-state index contributed by atoms with van der Waals surface area (Å²) in [5.41, 5.74) is -0.563. The number of aryl methyl sites for hydroxylation is 1. The average molecular weight is 225 g/mol. The Morgan fingerprint density at radius 2 is 2.06 bits per heavy atom. The van der Waals surface area contributed by atoms with E-state index in [2.05, 4.69) is 4.98 Å². The van der Waals surface area contributed by atoms with Crippen LogP contribution in [0.3, 0.4) is 0 Å². The number of hydrogen-bond donors (Lipinski definition) is 0. The summed E-state index contributed by atoms with van der Waals surface area (Å²) in [7, 11) is 0. The number of aromatic nitrogens is 1. The van der Waals surface area contributed by atoms with E-state index in [9.17, 15) is 23.1 Å². The van der Waals surface area contributed by atoms with Gasteiger partial charge in [0.1, 0.15) is 5.69 Å². The number of carboxylic acid groups (broad SMARTS) is 1. The van der Waals surface area contributed by atoms with E-state index < -0.39 is 24.3 Å². The molecular weight excluding hydrogens is 218 g/mol. The molecule has 0 atom stereocenters. The first-order valence-electron chi connectivity index (χ1n) is 4.03. The van der Waals surface area contributed by atoms with Crippen molar-refractivity contribution in [1.82, 2.24) is 4.98 Å². The van der Waals surface area contributed by atoms with E-state index in [1.54, 1.807) is 0 Å². The van der Waals surface area contributed by atoms with Crippen LogP contribution in [0.4, 0.5) is 13.2 Å². The van der Waals surface area contributed by atoms with Crippen LogP contribution in [-0.4, -0.2) is 11.0 Å². The number of pyridine rings is 1. The van der Waals surface area contributed by atoms with Gasteiger partial charge in [-0.3, -0.25) is 4.98 Å². The SMILES string of the molecule is Cc1cc(C(F)(F)F)ncc1CC(=O)[O-].[Li+]. The summed E-state index contributed by atoms with van der Waals surface area (Å²) in [5, 5.41) is 10.2. The maximum Gasteiger partial charge on any atom is 1.00 e. The van der Waals surface area contributed by atoms with Crippen molar-refractivity contribution < 1.29 is 41.9 Å². The largest absolute Gasteiger partial charge is 1.00 e. The first-order chi connectivity index (χ1) is 6.80. The van der Waals surface area contributed by atoms with Crippen LogP contribution in [0.2, 0.25) is 0 Å². The Kier molecular flexibility index (Phi) is 5.04. The van der Waals surface area contributed by atoms with Crippen LogP contribution < -0.4 is 24.0 Å². The van der Waals surface area contributed by atoms with E-state index in [4.69, 9.17) is 0 Å². The Bertz CT molecular complexity index is 393. The fourth-order valence-corrected chi connectivity index (χ4v) is 1.08. The van der Waals surface area contributed by atoms with Gasteiger partial charge >= 0.3 is 25.0 Å². The van der Waals surface area contributed by atoms with Crippen molar-refractivity contribution >= 4 is 5.97 Å². The summed E-state index contributed by atoms with van der Waals surface area (Å²) in [5.74, 6) is -1.35. The van der Waals surface area contributed by atoms with Crippen LogP contribution in [-0.2, 0) is 17.4 Å². The van der Waals surface area contributed by atoms with Gasteiger partial charge in [-0.1, -0.05) is 0 Å². The molecule has 3 nitrogen and oxygen atoms in total. The quantitative estimate of drug-likeness (QED) is 0.532. The van der Waals surface area contributed by atoms with Crippen LogP contribution in [0.25, 0.3) is 0 Å². The van der Waals surface area contributed by atoms with Crippen LogP contribution in [0, 0.1) is 6.92 Å². The van der Waals surface area contributed by atoms with E-state index in [0.717, 1.165) is 12.3 Å². The molecule has 0 saturated heterocycles. The molecule has 1 aromatic rings. The van der Waals surface area contributed by atoms with Gasteiger partial charge in [0.05, 0.1) is 0 Å². The van der Waals surface area contributed by atoms with Crippen LogP contribution in [0.15, 0.2) is 12.3 Å². The van der Waals surface area contributed by atoms with Gasteiger partial charge in [-0.15, -0.1) is 0 Å². The van der Waals surface area contributed by atoms with Crippen molar-refractivity contribution in [1.29, 1.82) is 0 Å². The summed E-state index contributed by atoms with van der Waals surface area (Å²) in [6, 6.07) is 0.818. The third kappa shape index (κ3) is 3.87. The van der Waals surface area contributed by atoms with Gasteiger partial charge < -0.3 is 9.90 Å². The van der Waals surface area contributed by atoms with Crippen molar-refractivity contribution in [2.45, 2.75) is 19.5 Å². The number of rotatable bonds is 2. The molecule has 0 N–H and O–H groups in total. The number of alkyl halides is 3. The fourth-order valence-electron chi connectivity index (χ4n) is 1.08. The minimum Gasteiger partial charge on any atom is -0.550 e. The van der Waals surface area contributed by atoms with Gasteiger partial charge in [-0.2, -0.15) is 13.2 Å². The number of halogens is 3. The zero-order chi connectivity index (χ0) is 11.6. The van der Waals surface area contributed by atoms with Crippen molar-refractivity contribution in [3.05, 3.63) is 29.1 Å².